The van der Waals surface area contributed by atoms with E-state index in [0.717, 1.165) is 18.4 Å². The van der Waals surface area contributed by atoms with Gasteiger partial charge >= 0.3 is 12.2 Å². The molecule has 1 atom stereocenters. The zero-order chi connectivity index (χ0) is 19.7. The van der Waals surface area contributed by atoms with Crippen molar-refractivity contribution in [1.82, 2.24) is 10.6 Å². The van der Waals surface area contributed by atoms with Crippen LogP contribution < -0.4 is 10.6 Å². The van der Waals surface area contributed by atoms with E-state index in [9.17, 15) is 9.59 Å². The van der Waals surface area contributed by atoms with Gasteiger partial charge in [-0.3, -0.25) is 0 Å². The highest BCUT2D eigenvalue weighted by atomic mass is 16.6. The van der Waals surface area contributed by atoms with Crippen molar-refractivity contribution < 1.29 is 19.1 Å². The highest BCUT2D eigenvalue weighted by molar-refractivity contribution is 5.68. The maximum Gasteiger partial charge on any atom is 0.408 e. The average Bonchev–Trinajstić information content (AvgIpc) is 2.69. The molecule has 0 saturated heterocycles. The first-order valence-corrected chi connectivity index (χ1v) is 8.89. The van der Waals surface area contributed by atoms with Crippen LogP contribution in [0.15, 0.2) is 30.3 Å². The van der Waals surface area contributed by atoms with Gasteiger partial charge in [0.1, 0.15) is 12.6 Å². The molecule has 1 rings (SSSR count). The first-order chi connectivity index (χ1) is 13.2. The zero-order valence-electron chi connectivity index (χ0n) is 15.5. The molecule has 1 aromatic rings. The molecule has 0 bridgehead atoms. The lowest BCUT2D eigenvalue weighted by molar-refractivity contribution is 0.140. The van der Waals surface area contributed by atoms with Gasteiger partial charge < -0.3 is 20.1 Å². The van der Waals surface area contributed by atoms with Gasteiger partial charge in [-0.05, 0) is 18.4 Å². The SMILES string of the molecule is CCCCOC(=O)NC(C#N)CCC#CCNC(=O)OCc1ccccc1. The van der Waals surface area contributed by atoms with Crippen LogP contribution >= 0.6 is 0 Å². The van der Waals surface area contributed by atoms with Gasteiger partial charge in [0.25, 0.3) is 0 Å². The standard InChI is InChI=1S/C20H25N3O4/c1-2-3-14-26-20(25)23-18(15-21)12-8-5-9-13-22-19(24)27-16-17-10-6-4-7-11-17/h4,6-7,10-11,18H,2-3,8,12-14,16H2,1H3,(H,22,24)(H,23,25). The van der Waals surface area contributed by atoms with E-state index in [1.165, 1.54) is 0 Å². The second kappa shape index (κ2) is 14.0. The summed E-state index contributed by atoms with van der Waals surface area (Å²) in [6.45, 7) is 2.68. The minimum atomic E-state index is -0.655. The monoisotopic (exact) mass is 371 g/mol. The van der Waals surface area contributed by atoms with Crippen LogP contribution in [0.2, 0.25) is 0 Å². The van der Waals surface area contributed by atoms with Gasteiger partial charge in [0.2, 0.25) is 0 Å². The highest BCUT2D eigenvalue weighted by Crippen LogP contribution is 2.00. The van der Waals surface area contributed by atoms with Crippen molar-refractivity contribution in [3.05, 3.63) is 35.9 Å². The molecule has 0 radical (unpaired) electrons. The molecule has 1 unspecified atom stereocenters. The van der Waals surface area contributed by atoms with Gasteiger partial charge in [0, 0.05) is 6.42 Å². The van der Waals surface area contributed by atoms with E-state index in [1.807, 2.05) is 43.3 Å². The van der Waals surface area contributed by atoms with Gasteiger partial charge in [0.05, 0.1) is 19.2 Å². The van der Waals surface area contributed by atoms with E-state index in [1.54, 1.807) is 0 Å². The van der Waals surface area contributed by atoms with Crippen LogP contribution in [0.25, 0.3) is 0 Å². The maximum atomic E-state index is 11.5. The molecule has 0 heterocycles. The Hall–Kier alpha value is -3.19. The summed E-state index contributed by atoms with van der Waals surface area (Å²) in [5.41, 5.74) is 0.905. The number of carbonyl (C=O) groups excluding carboxylic acids is 2. The number of nitrogens with zero attached hydrogens (tertiary/aromatic N) is 1. The molecule has 7 nitrogen and oxygen atoms in total. The molecule has 0 aliphatic heterocycles. The lowest BCUT2D eigenvalue weighted by Crippen LogP contribution is -2.34. The molecule has 1 aromatic carbocycles. The summed E-state index contributed by atoms with van der Waals surface area (Å²) in [4.78, 5) is 23.0. The van der Waals surface area contributed by atoms with Crippen LogP contribution in [0, 0.1) is 23.2 Å². The zero-order valence-corrected chi connectivity index (χ0v) is 15.5. The number of benzene rings is 1. The fraction of sp³-hybridized carbons (Fsp3) is 0.450. The molecule has 0 spiro atoms. The van der Waals surface area contributed by atoms with Crippen molar-refractivity contribution in [3.63, 3.8) is 0 Å². The lowest BCUT2D eigenvalue weighted by Gasteiger charge is -2.10. The quantitative estimate of drug-likeness (QED) is 0.513. The predicted octanol–water partition coefficient (Wildman–Crippen LogP) is 3.11. The number of rotatable bonds is 9. The maximum absolute atomic E-state index is 11.5. The smallest absolute Gasteiger partial charge is 0.408 e. The summed E-state index contributed by atoms with van der Waals surface area (Å²) in [5.74, 6) is 5.62. The Balaban J connectivity index is 2.15. The van der Waals surface area contributed by atoms with E-state index in [2.05, 4.69) is 22.5 Å². The van der Waals surface area contributed by atoms with E-state index in [4.69, 9.17) is 14.7 Å². The minimum absolute atomic E-state index is 0.150. The average molecular weight is 371 g/mol. The lowest BCUT2D eigenvalue weighted by atomic mass is 10.2. The third-order valence-electron chi connectivity index (χ3n) is 3.40. The Morgan fingerprint density at radius 1 is 1.15 bits per heavy atom. The Kier molecular flexibility index (Phi) is 11.4. The van der Waals surface area contributed by atoms with Crippen molar-refractivity contribution in [2.75, 3.05) is 13.2 Å². The molecule has 0 fully saturated rings. The number of amides is 2. The summed E-state index contributed by atoms with van der Waals surface area (Å²) in [7, 11) is 0. The fourth-order valence-electron chi connectivity index (χ4n) is 1.92. The molecule has 7 heteroatoms. The number of unbranched alkanes of at least 4 members (excludes halogenated alkanes) is 1. The van der Waals surface area contributed by atoms with Crippen molar-refractivity contribution in [1.29, 1.82) is 5.26 Å². The predicted molar refractivity (Wildman–Crippen MR) is 100 cm³/mol. The van der Waals surface area contributed by atoms with Gasteiger partial charge in [0.15, 0.2) is 0 Å². The molecule has 0 aliphatic rings. The molecule has 2 N–H and O–H groups in total. The third kappa shape index (κ3) is 11.1. The van der Waals surface area contributed by atoms with Crippen LogP contribution in [-0.2, 0) is 16.1 Å². The summed E-state index contributed by atoms with van der Waals surface area (Å²) in [6, 6.07) is 10.7. The van der Waals surface area contributed by atoms with Gasteiger partial charge in [-0.15, -0.1) is 5.92 Å². The molecule has 27 heavy (non-hydrogen) atoms. The number of alkyl carbamates (subject to hydrolysis) is 2. The topological polar surface area (TPSA) is 100 Å². The minimum Gasteiger partial charge on any atom is -0.450 e. The van der Waals surface area contributed by atoms with E-state index in [0.29, 0.717) is 19.4 Å². The van der Waals surface area contributed by atoms with Crippen molar-refractivity contribution in [2.45, 2.75) is 45.3 Å². The van der Waals surface area contributed by atoms with Crippen molar-refractivity contribution in [2.24, 2.45) is 0 Å². The van der Waals surface area contributed by atoms with Crippen LogP contribution in [0.5, 0.6) is 0 Å². The second-order valence-corrected chi connectivity index (χ2v) is 5.62. The highest BCUT2D eigenvalue weighted by Gasteiger charge is 2.11. The van der Waals surface area contributed by atoms with Gasteiger partial charge in [-0.25, -0.2) is 9.59 Å². The molecule has 144 valence electrons. The normalized spacial score (nSPS) is 10.5. The molecule has 0 aliphatic carbocycles. The number of hydrogen-bond acceptors (Lipinski definition) is 5. The molecular weight excluding hydrogens is 346 g/mol. The van der Waals surface area contributed by atoms with Crippen LogP contribution in [0.1, 0.15) is 38.2 Å². The number of nitriles is 1. The number of ether oxygens (including phenoxy) is 2. The van der Waals surface area contributed by atoms with E-state index in [-0.39, 0.29) is 13.2 Å². The molecule has 0 aromatic heterocycles. The summed E-state index contributed by atoms with van der Waals surface area (Å²) in [5, 5.41) is 14.0. The van der Waals surface area contributed by atoms with E-state index >= 15 is 0 Å². The third-order valence-corrected chi connectivity index (χ3v) is 3.40. The summed E-state index contributed by atoms with van der Waals surface area (Å²) in [6.07, 6.45) is 1.37. The second-order valence-electron chi connectivity index (χ2n) is 5.62. The summed E-state index contributed by atoms with van der Waals surface area (Å²) < 4.78 is 9.99. The largest absolute Gasteiger partial charge is 0.450 e. The molecular formula is C20H25N3O4. The summed E-state index contributed by atoms with van der Waals surface area (Å²) >= 11 is 0. The first-order valence-electron chi connectivity index (χ1n) is 8.89. The number of nitrogens with one attached hydrogen (secondary N) is 2. The van der Waals surface area contributed by atoms with Gasteiger partial charge in [-0.2, -0.15) is 5.26 Å². The molecule has 0 saturated carbocycles. The number of carbonyl (C=O) groups is 2. The van der Waals surface area contributed by atoms with Crippen LogP contribution in [-0.4, -0.2) is 31.4 Å². The fourth-order valence-corrected chi connectivity index (χ4v) is 1.92. The molecule has 2 amide bonds. The van der Waals surface area contributed by atoms with Crippen molar-refractivity contribution >= 4 is 12.2 Å². The van der Waals surface area contributed by atoms with Crippen molar-refractivity contribution in [3.8, 4) is 17.9 Å². The Labute approximate surface area is 160 Å². The Morgan fingerprint density at radius 3 is 2.63 bits per heavy atom. The van der Waals surface area contributed by atoms with Crippen LogP contribution in [0.3, 0.4) is 0 Å². The Bertz CT molecular complexity index is 674. The Morgan fingerprint density at radius 2 is 1.93 bits per heavy atom. The van der Waals surface area contributed by atoms with Crippen LogP contribution in [0.4, 0.5) is 9.59 Å². The van der Waals surface area contributed by atoms with Gasteiger partial charge in [-0.1, -0.05) is 49.6 Å². The first kappa shape index (κ1) is 21.9. The number of hydrogen-bond donors (Lipinski definition) is 2. The van der Waals surface area contributed by atoms with E-state index < -0.39 is 18.2 Å².